The van der Waals surface area contributed by atoms with E-state index in [1.165, 1.54) is 6.92 Å². The van der Waals surface area contributed by atoms with E-state index in [2.05, 4.69) is 5.32 Å². The van der Waals surface area contributed by atoms with Gasteiger partial charge in [-0.1, -0.05) is 11.6 Å². The third kappa shape index (κ3) is 2.75. The van der Waals surface area contributed by atoms with Crippen molar-refractivity contribution < 1.29 is 22.0 Å². The Kier molecular flexibility index (Phi) is 4.55. The number of halogens is 6. The molecule has 102 valence electrons. The first kappa shape index (κ1) is 15.2. The maximum atomic E-state index is 13.3. The van der Waals surface area contributed by atoms with Crippen LogP contribution in [0.5, 0.6) is 0 Å². The predicted octanol–water partition coefficient (Wildman–Crippen LogP) is 3.95. The van der Waals surface area contributed by atoms with Gasteiger partial charge in [-0.05, 0) is 37.2 Å². The van der Waals surface area contributed by atoms with Crippen LogP contribution in [-0.4, -0.2) is 19.4 Å². The lowest BCUT2D eigenvalue weighted by atomic mass is 9.98. The molecule has 1 aromatic rings. The summed E-state index contributed by atoms with van der Waals surface area (Å²) in [6.45, 7) is 1.34. The first-order valence-corrected chi connectivity index (χ1v) is 5.38. The lowest BCUT2D eigenvalue weighted by Crippen LogP contribution is -2.41. The number of benzene rings is 1. The molecule has 18 heavy (non-hydrogen) atoms. The molecular weight excluding hydrogens is 277 g/mol. The number of hydrogen-bond acceptors (Lipinski definition) is 1. The molecule has 1 unspecified atom stereocenters. The molecule has 0 aliphatic heterocycles. The molecular formula is C11H11ClF5N. The zero-order valence-electron chi connectivity index (χ0n) is 9.58. The number of alkyl halides is 4. The average molecular weight is 288 g/mol. The SMILES string of the molecule is CNC(c1cc(C)c(F)cc1Cl)C(F)(F)C(F)F. The Morgan fingerprint density at radius 3 is 2.28 bits per heavy atom. The van der Waals surface area contributed by atoms with Crippen molar-refractivity contribution in [1.29, 1.82) is 0 Å². The Hall–Kier alpha value is -0.880. The van der Waals surface area contributed by atoms with Crippen molar-refractivity contribution in [2.75, 3.05) is 7.05 Å². The molecule has 0 aliphatic rings. The highest BCUT2D eigenvalue weighted by Crippen LogP contribution is 2.39. The van der Waals surface area contributed by atoms with Crippen molar-refractivity contribution in [2.24, 2.45) is 0 Å². The zero-order valence-corrected chi connectivity index (χ0v) is 10.3. The van der Waals surface area contributed by atoms with Crippen molar-refractivity contribution >= 4 is 11.6 Å². The van der Waals surface area contributed by atoms with Crippen LogP contribution in [0.15, 0.2) is 12.1 Å². The van der Waals surface area contributed by atoms with Crippen LogP contribution in [0.2, 0.25) is 5.02 Å². The average Bonchev–Trinajstić information content (AvgIpc) is 2.25. The predicted molar refractivity (Wildman–Crippen MR) is 58.9 cm³/mol. The lowest BCUT2D eigenvalue weighted by Gasteiger charge is -2.27. The molecule has 1 aromatic carbocycles. The Morgan fingerprint density at radius 1 is 1.28 bits per heavy atom. The van der Waals surface area contributed by atoms with Crippen molar-refractivity contribution in [3.05, 3.63) is 34.1 Å². The van der Waals surface area contributed by atoms with E-state index in [0.29, 0.717) is 0 Å². The van der Waals surface area contributed by atoms with E-state index >= 15 is 0 Å². The maximum Gasteiger partial charge on any atom is 0.326 e. The summed E-state index contributed by atoms with van der Waals surface area (Å²) in [5.41, 5.74) is -0.205. The molecule has 1 nitrogen and oxygen atoms in total. The minimum absolute atomic E-state index is 0.0553. The van der Waals surface area contributed by atoms with Gasteiger partial charge < -0.3 is 5.32 Å². The molecule has 7 heteroatoms. The van der Waals surface area contributed by atoms with Gasteiger partial charge in [0.1, 0.15) is 11.9 Å². The molecule has 1 N–H and O–H groups in total. The molecule has 0 fully saturated rings. The summed E-state index contributed by atoms with van der Waals surface area (Å²) in [4.78, 5) is 0. The van der Waals surface area contributed by atoms with E-state index in [0.717, 1.165) is 19.2 Å². The largest absolute Gasteiger partial charge is 0.326 e. The number of nitrogens with one attached hydrogen (secondary N) is 1. The van der Waals surface area contributed by atoms with Crippen LogP contribution in [0, 0.1) is 12.7 Å². The Bertz CT molecular complexity index is 436. The fraction of sp³-hybridized carbons (Fsp3) is 0.455. The topological polar surface area (TPSA) is 12.0 Å². The Balaban J connectivity index is 3.30. The van der Waals surface area contributed by atoms with Gasteiger partial charge >= 0.3 is 12.3 Å². The van der Waals surface area contributed by atoms with Crippen LogP contribution in [0.4, 0.5) is 22.0 Å². The zero-order chi connectivity index (χ0) is 14.1. The van der Waals surface area contributed by atoms with Crippen molar-refractivity contribution in [3.63, 3.8) is 0 Å². The summed E-state index contributed by atoms with van der Waals surface area (Å²) < 4.78 is 64.5. The standard InChI is InChI=1S/C11H11ClF5N/c1-5-3-6(7(12)4-8(5)13)9(18-2)11(16,17)10(14)15/h3-4,9-10,18H,1-2H3. The van der Waals surface area contributed by atoms with Crippen LogP contribution < -0.4 is 5.32 Å². The van der Waals surface area contributed by atoms with E-state index < -0.39 is 24.2 Å². The number of hydrogen-bond donors (Lipinski definition) is 1. The van der Waals surface area contributed by atoms with E-state index in [1.54, 1.807) is 0 Å². The monoisotopic (exact) mass is 287 g/mol. The molecule has 1 rings (SSSR count). The maximum absolute atomic E-state index is 13.3. The summed E-state index contributed by atoms with van der Waals surface area (Å²) in [7, 11) is 1.11. The fourth-order valence-corrected chi connectivity index (χ4v) is 1.84. The second-order valence-corrected chi connectivity index (χ2v) is 4.23. The number of aryl methyl sites for hydroxylation is 1. The normalized spacial score (nSPS) is 14.1. The van der Waals surface area contributed by atoms with Gasteiger partial charge in [0, 0.05) is 5.02 Å². The highest BCUT2D eigenvalue weighted by molar-refractivity contribution is 6.31. The molecule has 0 aliphatic carbocycles. The highest BCUT2D eigenvalue weighted by Gasteiger charge is 2.49. The van der Waals surface area contributed by atoms with Gasteiger partial charge in [-0.25, -0.2) is 13.2 Å². The van der Waals surface area contributed by atoms with E-state index in [-0.39, 0.29) is 16.1 Å². The molecule has 0 spiro atoms. The van der Waals surface area contributed by atoms with E-state index in [1.807, 2.05) is 0 Å². The third-order valence-electron chi connectivity index (χ3n) is 2.55. The first-order valence-electron chi connectivity index (χ1n) is 5.00. The van der Waals surface area contributed by atoms with Crippen LogP contribution in [0.3, 0.4) is 0 Å². The summed E-state index contributed by atoms with van der Waals surface area (Å²) in [6, 6.07) is -0.114. The molecule has 0 saturated carbocycles. The second-order valence-electron chi connectivity index (χ2n) is 3.82. The summed E-state index contributed by atoms with van der Waals surface area (Å²) in [5.74, 6) is -4.98. The smallest absolute Gasteiger partial charge is 0.308 e. The van der Waals surface area contributed by atoms with Gasteiger partial charge in [0.15, 0.2) is 0 Å². The molecule has 0 aromatic heterocycles. The second kappa shape index (κ2) is 5.40. The molecule has 1 atom stereocenters. The molecule has 0 bridgehead atoms. The van der Waals surface area contributed by atoms with Gasteiger partial charge in [-0.2, -0.15) is 8.78 Å². The van der Waals surface area contributed by atoms with Gasteiger partial charge in [-0.15, -0.1) is 0 Å². The molecule has 0 heterocycles. The van der Waals surface area contributed by atoms with Crippen LogP contribution in [0.1, 0.15) is 17.2 Å². The first-order chi connectivity index (χ1) is 8.21. The Morgan fingerprint density at radius 2 is 1.83 bits per heavy atom. The van der Waals surface area contributed by atoms with Crippen LogP contribution in [0.25, 0.3) is 0 Å². The van der Waals surface area contributed by atoms with Gasteiger partial charge in [0.25, 0.3) is 0 Å². The van der Waals surface area contributed by atoms with Crippen molar-refractivity contribution in [1.82, 2.24) is 5.32 Å². The summed E-state index contributed by atoms with van der Waals surface area (Å²) >= 11 is 5.63. The Labute approximate surface area is 106 Å². The lowest BCUT2D eigenvalue weighted by molar-refractivity contribution is -0.150. The minimum atomic E-state index is -4.30. The van der Waals surface area contributed by atoms with Gasteiger partial charge in [0.2, 0.25) is 0 Å². The minimum Gasteiger partial charge on any atom is -0.308 e. The van der Waals surface area contributed by atoms with Crippen LogP contribution in [-0.2, 0) is 0 Å². The van der Waals surface area contributed by atoms with Crippen LogP contribution >= 0.6 is 11.6 Å². The van der Waals surface area contributed by atoms with Gasteiger partial charge in [-0.3, -0.25) is 0 Å². The summed E-state index contributed by atoms with van der Waals surface area (Å²) in [5, 5.41) is 1.77. The van der Waals surface area contributed by atoms with E-state index in [4.69, 9.17) is 11.6 Å². The third-order valence-corrected chi connectivity index (χ3v) is 2.88. The van der Waals surface area contributed by atoms with Gasteiger partial charge in [0.05, 0.1) is 0 Å². The van der Waals surface area contributed by atoms with E-state index in [9.17, 15) is 22.0 Å². The molecule has 0 amide bonds. The van der Waals surface area contributed by atoms with Crippen molar-refractivity contribution in [2.45, 2.75) is 25.3 Å². The summed E-state index contributed by atoms with van der Waals surface area (Å²) in [6.07, 6.45) is -3.85. The quantitative estimate of drug-likeness (QED) is 0.827. The molecule has 0 radical (unpaired) electrons. The number of rotatable bonds is 4. The fourth-order valence-electron chi connectivity index (χ4n) is 1.58. The van der Waals surface area contributed by atoms with Crippen molar-refractivity contribution in [3.8, 4) is 0 Å². The molecule has 0 saturated heterocycles. The highest BCUT2D eigenvalue weighted by atomic mass is 35.5.